The number of benzene rings is 1. The van der Waals surface area contributed by atoms with Crippen molar-refractivity contribution in [3.8, 4) is 5.69 Å². The molecule has 2 aromatic heterocycles. The Morgan fingerprint density at radius 3 is 2.48 bits per heavy atom. The maximum absolute atomic E-state index is 13.3. The zero-order valence-electron chi connectivity index (χ0n) is 13.4. The number of aromatic nitrogens is 5. The van der Waals surface area contributed by atoms with Crippen LogP contribution in [0, 0.1) is 0 Å². The molecule has 1 aliphatic rings. The Morgan fingerprint density at radius 1 is 1.04 bits per heavy atom. The van der Waals surface area contributed by atoms with Crippen LogP contribution in [0.3, 0.4) is 0 Å². The van der Waals surface area contributed by atoms with E-state index in [9.17, 15) is 13.2 Å². The normalized spacial score (nSPS) is 14.5. The molecule has 8 heteroatoms. The Labute approximate surface area is 142 Å². The predicted octanol–water partition coefficient (Wildman–Crippen LogP) is 3.41. The van der Waals surface area contributed by atoms with Crippen LogP contribution < -0.4 is 0 Å². The third kappa shape index (κ3) is 3.04. The molecular formula is C17H16F3N5. The molecule has 0 fully saturated rings. The second-order valence-corrected chi connectivity index (χ2v) is 6.15. The molecule has 3 aromatic rings. The van der Waals surface area contributed by atoms with E-state index in [1.165, 1.54) is 11.0 Å². The molecule has 0 amide bonds. The molecule has 0 unspecified atom stereocenters. The monoisotopic (exact) mass is 347 g/mol. The number of hydrogen-bond acceptors (Lipinski definition) is 3. The third-order valence-corrected chi connectivity index (χ3v) is 4.44. The highest BCUT2D eigenvalue weighted by Gasteiger charge is 2.39. The number of alkyl halides is 3. The lowest BCUT2D eigenvalue weighted by atomic mass is 9.95. The van der Waals surface area contributed by atoms with Crippen molar-refractivity contribution >= 4 is 0 Å². The molecule has 0 saturated carbocycles. The van der Waals surface area contributed by atoms with E-state index in [0.29, 0.717) is 36.3 Å². The molecule has 1 aliphatic carbocycles. The van der Waals surface area contributed by atoms with Crippen LogP contribution in [0.2, 0.25) is 0 Å². The van der Waals surface area contributed by atoms with Crippen molar-refractivity contribution in [3.63, 3.8) is 0 Å². The summed E-state index contributed by atoms with van der Waals surface area (Å²) in [6.45, 7) is 0.561. The minimum Gasteiger partial charge on any atom is -0.249 e. The summed E-state index contributed by atoms with van der Waals surface area (Å²) in [6, 6.07) is 7.35. The van der Waals surface area contributed by atoms with E-state index < -0.39 is 11.9 Å². The van der Waals surface area contributed by atoms with E-state index in [2.05, 4.69) is 15.2 Å². The Morgan fingerprint density at radius 2 is 1.80 bits per heavy atom. The summed E-state index contributed by atoms with van der Waals surface area (Å²) in [6.07, 6.45) is 1.39. The van der Waals surface area contributed by atoms with Gasteiger partial charge < -0.3 is 0 Å². The third-order valence-electron chi connectivity index (χ3n) is 4.44. The molecule has 25 heavy (non-hydrogen) atoms. The van der Waals surface area contributed by atoms with Crippen molar-refractivity contribution in [3.05, 3.63) is 59.4 Å². The van der Waals surface area contributed by atoms with Gasteiger partial charge in [-0.15, -0.1) is 0 Å². The first kappa shape index (κ1) is 15.9. The van der Waals surface area contributed by atoms with E-state index in [0.717, 1.165) is 18.4 Å². The lowest BCUT2D eigenvalue weighted by Gasteiger charge is -2.15. The zero-order chi connectivity index (χ0) is 17.4. The van der Waals surface area contributed by atoms with E-state index in [1.807, 2.05) is 12.1 Å². The molecule has 0 saturated heterocycles. The molecule has 0 N–H and O–H groups in total. The highest BCUT2D eigenvalue weighted by molar-refractivity contribution is 5.41. The summed E-state index contributed by atoms with van der Waals surface area (Å²) < 4.78 is 43.0. The predicted molar refractivity (Wildman–Crippen MR) is 84.3 cm³/mol. The highest BCUT2D eigenvalue weighted by Crippen LogP contribution is 2.36. The summed E-state index contributed by atoms with van der Waals surface area (Å²) in [5.41, 5.74) is 1.93. The van der Waals surface area contributed by atoms with Gasteiger partial charge in [0.1, 0.15) is 12.7 Å². The number of hydrogen-bond donors (Lipinski definition) is 0. The maximum atomic E-state index is 13.3. The summed E-state index contributed by atoms with van der Waals surface area (Å²) in [7, 11) is 0. The minimum absolute atomic E-state index is 0.352. The van der Waals surface area contributed by atoms with Gasteiger partial charge in [-0.1, -0.05) is 12.1 Å². The molecule has 0 bridgehead atoms. The van der Waals surface area contributed by atoms with Crippen LogP contribution in [0.5, 0.6) is 0 Å². The molecule has 0 atom stereocenters. The van der Waals surface area contributed by atoms with Gasteiger partial charge in [0.15, 0.2) is 5.69 Å². The molecule has 130 valence electrons. The van der Waals surface area contributed by atoms with Gasteiger partial charge in [-0.3, -0.25) is 0 Å². The summed E-state index contributed by atoms with van der Waals surface area (Å²) in [5.74, 6) is 0. The van der Waals surface area contributed by atoms with Crippen LogP contribution >= 0.6 is 0 Å². The number of rotatable bonds is 3. The standard InChI is InChI=1S/C17H16F3N5/c18-17(19,20)16-14-3-1-2-4-15(14)25(23-16)13-7-5-12(6-8-13)9-24-11-21-10-22-24/h5-8,10-11H,1-4,9H2. The molecule has 1 aromatic carbocycles. The van der Waals surface area contributed by atoms with Crippen LogP contribution in [0.15, 0.2) is 36.9 Å². The van der Waals surface area contributed by atoms with Gasteiger partial charge in [0, 0.05) is 11.3 Å². The van der Waals surface area contributed by atoms with Crippen molar-refractivity contribution in [1.29, 1.82) is 0 Å². The molecule has 2 heterocycles. The van der Waals surface area contributed by atoms with Crippen molar-refractivity contribution in [2.75, 3.05) is 0 Å². The zero-order valence-corrected chi connectivity index (χ0v) is 13.4. The molecule has 4 rings (SSSR count). The number of nitrogens with zero attached hydrogens (tertiary/aromatic N) is 5. The van der Waals surface area contributed by atoms with E-state index in [4.69, 9.17) is 0 Å². The fourth-order valence-electron chi connectivity index (χ4n) is 3.28. The molecule has 0 radical (unpaired) electrons. The van der Waals surface area contributed by atoms with Crippen LogP contribution in [-0.2, 0) is 25.6 Å². The van der Waals surface area contributed by atoms with Crippen molar-refractivity contribution in [1.82, 2.24) is 24.5 Å². The van der Waals surface area contributed by atoms with Crippen molar-refractivity contribution in [2.24, 2.45) is 0 Å². The minimum atomic E-state index is -4.42. The topological polar surface area (TPSA) is 48.5 Å². The van der Waals surface area contributed by atoms with E-state index in [1.54, 1.807) is 23.1 Å². The molecule has 5 nitrogen and oxygen atoms in total. The van der Waals surface area contributed by atoms with Gasteiger partial charge in [0.2, 0.25) is 0 Å². The van der Waals surface area contributed by atoms with E-state index in [-0.39, 0.29) is 0 Å². The second kappa shape index (κ2) is 6.02. The number of halogens is 3. The van der Waals surface area contributed by atoms with Gasteiger partial charge in [-0.25, -0.2) is 14.3 Å². The first-order chi connectivity index (χ1) is 12.0. The fourth-order valence-corrected chi connectivity index (χ4v) is 3.28. The van der Waals surface area contributed by atoms with Crippen LogP contribution in [0.4, 0.5) is 13.2 Å². The number of fused-ring (bicyclic) bond motifs is 1. The van der Waals surface area contributed by atoms with Crippen LogP contribution in [0.1, 0.15) is 35.4 Å². The van der Waals surface area contributed by atoms with Crippen molar-refractivity contribution in [2.45, 2.75) is 38.4 Å². The Hall–Kier alpha value is -2.64. The SMILES string of the molecule is FC(F)(F)c1nn(-c2ccc(Cn3cncn3)cc2)c2c1CCCC2. The van der Waals surface area contributed by atoms with E-state index >= 15 is 0 Å². The lowest BCUT2D eigenvalue weighted by molar-refractivity contribution is -0.142. The lowest BCUT2D eigenvalue weighted by Crippen LogP contribution is -2.11. The van der Waals surface area contributed by atoms with Gasteiger partial charge >= 0.3 is 6.18 Å². The van der Waals surface area contributed by atoms with Crippen LogP contribution in [-0.4, -0.2) is 24.5 Å². The summed E-state index contributed by atoms with van der Waals surface area (Å²) >= 11 is 0. The van der Waals surface area contributed by atoms with Gasteiger partial charge in [0.05, 0.1) is 12.2 Å². The average Bonchev–Trinajstić information content (AvgIpc) is 3.22. The highest BCUT2D eigenvalue weighted by atomic mass is 19.4. The summed E-state index contributed by atoms with van der Waals surface area (Å²) in [5, 5.41) is 7.95. The molecular weight excluding hydrogens is 331 g/mol. The quantitative estimate of drug-likeness (QED) is 0.729. The second-order valence-electron chi connectivity index (χ2n) is 6.15. The van der Waals surface area contributed by atoms with Crippen LogP contribution in [0.25, 0.3) is 5.69 Å². The van der Waals surface area contributed by atoms with Gasteiger partial charge in [-0.05, 0) is 43.4 Å². The first-order valence-corrected chi connectivity index (χ1v) is 8.12. The van der Waals surface area contributed by atoms with Gasteiger partial charge in [-0.2, -0.15) is 23.4 Å². The van der Waals surface area contributed by atoms with Crippen molar-refractivity contribution < 1.29 is 13.2 Å². The Kier molecular flexibility index (Phi) is 3.82. The maximum Gasteiger partial charge on any atom is 0.435 e. The molecule has 0 aliphatic heterocycles. The first-order valence-electron chi connectivity index (χ1n) is 8.12. The summed E-state index contributed by atoms with van der Waals surface area (Å²) in [4.78, 5) is 3.89. The largest absolute Gasteiger partial charge is 0.435 e. The Bertz CT molecular complexity index is 863. The average molecular weight is 347 g/mol. The van der Waals surface area contributed by atoms with Gasteiger partial charge in [0.25, 0.3) is 0 Å². The molecule has 0 spiro atoms. The smallest absolute Gasteiger partial charge is 0.249 e. The fraction of sp³-hybridized carbons (Fsp3) is 0.353. The Balaban J connectivity index is 1.68.